The molecular weight excluding hydrogens is 408 g/mol. The number of carbonyl (C=O) groups excluding carboxylic acids is 1. The van der Waals surface area contributed by atoms with Crippen LogP contribution >= 0.6 is 0 Å². The maximum Gasteiger partial charge on any atom is 0.334 e. The van der Waals surface area contributed by atoms with Crippen LogP contribution < -0.4 is 0 Å². The third-order valence-corrected chi connectivity index (χ3v) is 6.07. The van der Waals surface area contributed by atoms with E-state index in [-0.39, 0.29) is 5.97 Å². The zero-order valence-corrected chi connectivity index (χ0v) is 19.2. The quantitative estimate of drug-likeness (QED) is 0.200. The molecular formula is C29H28N2O2. The van der Waals surface area contributed by atoms with Crippen LogP contribution in [0.3, 0.4) is 0 Å². The van der Waals surface area contributed by atoms with Crippen LogP contribution in [0.1, 0.15) is 43.2 Å². The van der Waals surface area contributed by atoms with Gasteiger partial charge in [0.2, 0.25) is 0 Å². The Kier molecular flexibility index (Phi) is 6.55. The van der Waals surface area contributed by atoms with E-state index < -0.39 is 5.54 Å². The van der Waals surface area contributed by atoms with Crippen molar-refractivity contribution in [2.24, 2.45) is 0 Å². The first-order valence-corrected chi connectivity index (χ1v) is 11.1. The van der Waals surface area contributed by atoms with Crippen LogP contribution in [0.4, 0.5) is 0 Å². The summed E-state index contributed by atoms with van der Waals surface area (Å²) in [6, 6.07) is 31.3. The van der Waals surface area contributed by atoms with Gasteiger partial charge in [-0.15, -0.1) is 0 Å². The van der Waals surface area contributed by atoms with Gasteiger partial charge in [0.05, 0.1) is 18.6 Å². The normalized spacial score (nSPS) is 12.2. The first-order chi connectivity index (χ1) is 16.1. The number of esters is 1. The number of hydrogen-bond donors (Lipinski definition) is 0. The Balaban J connectivity index is 1.98. The molecule has 0 spiro atoms. The van der Waals surface area contributed by atoms with E-state index in [1.807, 2.05) is 44.6 Å². The fourth-order valence-corrected chi connectivity index (χ4v) is 4.27. The minimum Gasteiger partial charge on any atom is -0.463 e. The van der Waals surface area contributed by atoms with Crippen molar-refractivity contribution in [1.82, 2.24) is 9.55 Å². The molecule has 0 saturated heterocycles. The van der Waals surface area contributed by atoms with Gasteiger partial charge in [-0.2, -0.15) is 0 Å². The zero-order chi connectivity index (χ0) is 23.3. The van der Waals surface area contributed by atoms with E-state index >= 15 is 0 Å². The number of imidazole rings is 1. The first kappa shape index (κ1) is 22.3. The lowest BCUT2D eigenvalue weighted by molar-refractivity contribution is -0.138. The lowest BCUT2D eigenvalue weighted by Gasteiger charge is -2.37. The number of benzene rings is 3. The maximum atomic E-state index is 12.3. The molecule has 0 amide bonds. The highest BCUT2D eigenvalue weighted by molar-refractivity contribution is 5.96. The van der Waals surface area contributed by atoms with Gasteiger partial charge in [0.25, 0.3) is 0 Å². The summed E-state index contributed by atoms with van der Waals surface area (Å²) in [5.74, 6) is -0.315. The number of ether oxygens (including phenoxy) is 1. The Morgan fingerprint density at radius 1 is 0.818 bits per heavy atom. The molecule has 166 valence electrons. The zero-order valence-electron chi connectivity index (χ0n) is 19.2. The summed E-state index contributed by atoms with van der Waals surface area (Å²) >= 11 is 0. The Bertz CT molecular complexity index is 1150. The number of allylic oxidation sites excluding steroid dienone is 1. The van der Waals surface area contributed by atoms with Crippen molar-refractivity contribution in [2.45, 2.75) is 26.3 Å². The smallest absolute Gasteiger partial charge is 0.334 e. The van der Waals surface area contributed by atoms with Gasteiger partial charge < -0.3 is 9.30 Å². The van der Waals surface area contributed by atoms with Crippen molar-refractivity contribution >= 4 is 11.5 Å². The molecule has 0 aliphatic carbocycles. The van der Waals surface area contributed by atoms with Gasteiger partial charge in [0.15, 0.2) is 0 Å². The minimum absolute atomic E-state index is 0.315. The van der Waals surface area contributed by atoms with Crippen LogP contribution in [0, 0.1) is 0 Å². The molecule has 0 aliphatic heterocycles. The average molecular weight is 437 g/mol. The van der Waals surface area contributed by atoms with Crippen LogP contribution in [0.2, 0.25) is 0 Å². The lowest BCUT2D eigenvalue weighted by atomic mass is 9.77. The van der Waals surface area contributed by atoms with Crippen molar-refractivity contribution in [3.8, 4) is 0 Å². The van der Waals surface area contributed by atoms with E-state index in [1.165, 1.54) is 0 Å². The molecule has 4 nitrogen and oxygen atoms in total. The lowest BCUT2D eigenvalue weighted by Crippen LogP contribution is -2.36. The molecule has 0 atom stereocenters. The summed E-state index contributed by atoms with van der Waals surface area (Å²) in [7, 11) is 0. The maximum absolute atomic E-state index is 12.3. The Morgan fingerprint density at radius 2 is 1.27 bits per heavy atom. The van der Waals surface area contributed by atoms with E-state index in [0.29, 0.717) is 12.2 Å². The number of rotatable bonds is 7. The van der Waals surface area contributed by atoms with Crippen molar-refractivity contribution in [3.63, 3.8) is 0 Å². The third kappa shape index (κ3) is 4.12. The Morgan fingerprint density at radius 3 is 1.70 bits per heavy atom. The molecule has 0 radical (unpaired) electrons. The SMILES string of the molecule is CCOC(=O)/C(C)=C(/C)c1cn(C(c2ccccc2)(c2ccccc2)c2ccccc2)cn1. The molecule has 3 aromatic carbocycles. The molecule has 1 aromatic heterocycles. The van der Waals surface area contributed by atoms with Crippen molar-refractivity contribution < 1.29 is 9.53 Å². The monoisotopic (exact) mass is 436 g/mol. The second kappa shape index (κ2) is 9.70. The van der Waals surface area contributed by atoms with Crippen molar-refractivity contribution in [1.29, 1.82) is 0 Å². The molecule has 0 unspecified atom stereocenters. The summed E-state index contributed by atoms with van der Waals surface area (Å²) in [4.78, 5) is 17.0. The van der Waals surface area contributed by atoms with Crippen LogP contribution in [0.25, 0.3) is 5.57 Å². The van der Waals surface area contributed by atoms with Crippen LogP contribution in [-0.4, -0.2) is 22.1 Å². The standard InChI is InChI=1S/C29H28N2O2/c1-4-33-28(32)23(3)22(2)27-20-31(21-30-27)29(24-14-8-5-9-15-24,25-16-10-6-11-17-25)26-18-12-7-13-19-26/h5-21H,4H2,1-3H3/b23-22-. The van der Waals surface area contributed by atoms with E-state index in [2.05, 4.69) is 77.4 Å². The van der Waals surface area contributed by atoms with Gasteiger partial charge in [-0.05, 0) is 43.0 Å². The van der Waals surface area contributed by atoms with Gasteiger partial charge in [-0.1, -0.05) is 91.0 Å². The second-order valence-corrected chi connectivity index (χ2v) is 7.95. The highest BCUT2D eigenvalue weighted by atomic mass is 16.5. The van der Waals surface area contributed by atoms with Gasteiger partial charge in [-0.3, -0.25) is 0 Å². The summed E-state index contributed by atoms with van der Waals surface area (Å²) in [6.45, 7) is 5.85. The molecule has 0 fully saturated rings. The second-order valence-electron chi connectivity index (χ2n) is 7.95. The van der Waals surface area contributed by atoms with Gasteiger partial charge >= 0.3 is 5.97 Å². The molecule has 4 heteroatoms. The number of aromatic nitrogens is 2. The Hall–Kier alpha value is -3.92. The first-order valence-electron chi connectivity index (χ1n) is 11.1. The fraction of sp³-hybridized carbons (Fsp3) is 0.172. The molecule has 33 heavy (non-hydrogen) atoms. The molecule has 1 heterocycles. The highest BCUT2D eigenvalue weighted by Gasteiger charge is 2.38. The topological polar surface area (TPSA) is 44.1 Å². The summed E-state index contributed by atoms with van der Waals surface area (Å²) in [6.07, 6.45) is 3.87. The molecule has 0 N–H and O–H groups in total. The van der Waals surface area contributed by atoms with Crippen LogP contribution in [0.5, 0.6) is 0 Å². The summed E-state index contributed by atoms with van der Waals surface area (Å²) < 4.78 is 7.34. The molecule has 4 aromatic rings. The van der Waals surface area contributed by atoms with Crippen LogP contribution in [-0.2, 0) is 15.1 Å². The molecule has 0 saturated carbocycles. The van der Waals surface area contributed by atoms with Gasteiger partial charge in [0.1, 0.15) is 5.54 Å². The molecule has 4 rings (SSSR count). The van der Waals surface area contributed by atoms with Crippen LogP contribution in [0.15, 0.2) is 109 Å². The third-order valence-electron chi connectivity index (χ3n) is 6.07. The minimum atomic E-state index is -0.632. The summed E-state index contributed by atoms with van der Waals surface area (Å²) in [5, 5.41) is 0. The predicted octanol–water partition coefficient (Wildman–Crippen LogP) is 6.08. The van der Waals surface area contributed by atoms with E-state index in [4.69, 9.17) is 9.72 Å². The Labute approximate surface area is 195 Å². The molecule has 0 aliphatic rings. The van der Waals surface area contributed by atoms with E-state index in [1.54, 1.807) is 6.92 Å². The van der Waals surface area contributed by atoms with Gasteiger partial charge in [-0.25, -0.2) is 9.78 Å². The van der Waals surface area contributed by atoms with E-state index in [0.717, 1.165) is 28.0 Å². The van der Waals surface area contributed by atoms with E-state index in [9.17, 15) is 4.79 Å². The predicted molar refractivity (Wildman–Crippen MR) is 132 cm³/mol. The fourth-order valence-electron chi connectivity index (χ4n) is 4.27. The van der Waals surface area contributed by atoms with Crippen molar-refractivity contribution in [2.75, 3.05) is 6.61 Å². The highest BCUT2D eigenvalue weighted by Crippen LogP contribution is 2.41. The average Bonchev–Trinajstić information content (AvgIpc) is 3.36. The molecule has 0 bridgehead atoms. The largest absolute Gasteiger partial charge is 0.463 e. The van der Waals surface area contributed by atoms with Gasteiger partial charge in [0, 0.05) is 11.8 Å². The number of hydrogen-bond acceptors (Lipinski definition) is 3. The summed E-state index contributed by atoms with van der Waals surface area (Å²) in [5.41, 5.74) is 4.84. The number of nitrogens with zero attached hydrogens (tertiary/aromatic N) is 2. The van der Waals surface area contributed by atoms with Crippen molar-refractivity contribution in [3.05, 3.63) is 131 Å². The number of carbonyl (C=O) groups is 1.